The third-order valence-corrected chi connectivity index (χ3v) is 18.5. The summed E-state index contributed by atoms with van der Waals surface area (Å²) in [6.07, 6.45) is 7.73. The molecule has 114 heavy (non-hydrogen) atoms. The average molecular weight is 1600 g/mol. The Morgan fingerprint density at radius 3 is 1.61 bits per heavy atom. The average Bonchev–Trinajstić information content (AvgIpc) is 0.819. The van der Waals surface area contributed by atoms with E-state index in [1.807, 2.05) is 42.4 Å². The molecule has 0 aliphatic carbocycles. The fourth-order valence-electron chi connectivity index (χ4n) is 12.1. The van der Waals surface area contributed by atoms with Gasteiger partial charge in [-0.25, -0.2) is 4.79 Å². The Morgan fingerprint density at radius 2 is 1.02 bits per heavy atom. The molecule has 9 N–H and O–H groups in total. The van der Waals surface area contributed by atoms with Gasteiger partial charge >= 0.3 is 6.09 Å². The molecular weight excluding hydrogens is 1480 g/mol. The van der Waals surface area contributed by atoms with Crippen LogP contribution in [-0.4, -0.2) is 269 Å². The third-order valence-electron chi connectivity index (χ3n) is 18.5. The lowest BCUT2D eigenvalue weighted by molar-refractivity contribution is -0.122. The van der Waals surface area contributed by atoms with E-state index >= 15 is 0 Å². The lowest BCUT2D eigenvalue weighted by atomic mass is 10.0. The van der Waals surface area contributed by atoms with Crippen LogP contribution in [0.2, 0.25) is 0 Å². The van der Waals surface area contributed by atoms with Crippen LogP contribution in [0.15, 0.2) is 74.2 Å². The Morgan fingerprint density at radius 1 is 0.509 bits per heavy atom. The first kappa shape index (κ1) is 92.8. The fourth-order valence-corrected chi connectivity index (χ4v) is 12.1. The fraction of sp³-hybridized carbons (Fsp3) is 0.620. The Balaban J connectivity index is 1.31. The van der Waals surface area contributed by atoms with Crippen molar-refractivity contribution in [2.75, 3.05) is 177 Å². The van der Waals surface area contributed by atoms with Gasteiger partial charge in [0.05, 0.1) is 80.8 Å². The molecule has 15 heterocycles. The summed E-state index contributed by atoms with van der Waals surface area (Å²) in [5, 5.41) is 26.0. The maximum absolute atomic E-state index is 14.5. The van der Waals surface area contributed by atoms with Gasteiger partial charge in [-0.3, -0.25) is 67.4 Å². The minimum absolute atomic E-state index is 0.00244. The molecule has 3 aromatic rings. The van der Waals surface area contributed by atoms with Crippen molar-refractivity contribution < 1.29 is 76.3 Å². The number of allylic oxidation sites excluding steroid dienone is 1. The zero-order valence-corrected chi connectivity index (χ0v) is 68.4. The van der Waals surface area contributed by atoms with Gasteiger partial charge in [-0.1, -0.05) is 60.0 Å². The second-order valence-corrected chi connectivity index (χ2v) is 28.8. The summed E-state index contributed by atoms with van der Waals surface area (Å²) in [7, 11) is 0. The molecule has 632 valence electrons. The highest BCUT2D eigenvalue weighted by molar-refractivity contribution is 5.99. The molecule has 35 nitrogen and oxygen atoms in total. The van der Waals surface area contributed by atoms with Gasteiger partial charge in [0.2, 0.25) is 23.6 Å². The van der Waals surface area contributed by atoms with Gasteiger partial charge in [-0.05, 0) is 91.5 Å². The van der Waals surface area contributed by atoms with Crippen molar-refractivity contribution in [3.05, 3.63) is 119 Å². The molecule has 35 heteroatoms. The maximum atomic E-state index is 14.5. The standard InChI is InChI=1S/C79H122N16O19/c1-12-16-40-110-67-58(8)93-52-64(97)81-22-32-90-31-21-80-63(96)51-92-30-20-59(68(75(92)104)111-41-17-13-2)71(100)84-25-35-89(36-26-85-72(101)60(67)48-55(93)5)37-27-86-73(102)61-49-56(6)94(76(105)69(61)112-42-18-14-3)53-65(98)82-23-33-91(39-38-90)34-24-83-66(99)54-95-57(7)50-62(70(77(95)106)113-43-19-15-4)74(103)87-28-44-108-46-47-109-45-29-88-78(107)114-79(9,10)11/h20,30,48-50H,8,12-19,21-29,31-47,51-54H2,1-7,9-11H3,(H,80,96)(H,81,97)(H,82,98)(H,83,99)(H,84,100)(H,85,101)(H,86,102)(H,87,103)(H,88,107). The van der Waals surface area contributed by atoms with E-state index in [0.717, 1.165) is 23.8 Å². The number of carbonyl (C=O) groups is 9. The predicted octanol–water partition coefficient (Wildman–Crippen LogP) is 1.79. The van der Waals surface area contributed by atoms with Crippen LogP contribution < -0.4 is 78.7 Å². The summed E-state index contributed by atoms with van der Waals surface area (Å²) >= 11 is 0. The van der Waals surface area contributed by atoms with Crippen molar-refractivity contribution in [2.24, 2.45) is 0 Å². The molecule has 12 aliphatic rings. The molecule has 8 bridgehead atoms. The van der Waals surface area contributed by atoms with Gasteiger partial charge in [0.15, 0.2) is 23.0 Å². The quantitative estimate of drug-likeness (QED) is 0.0415. The number of nitrogens with zero attached hydrogens (tertiary/aromatic N) is 7. The number of carbonyl (C=O) groups excluding carboxylic acids is 9. The summed E-state index contributed by atoms with van der Waals surface area (Å²) in [5.41, 5.74) is -1.26. The van der Waals surface area contributed by atoms with Gasteiger partial charge in [0.25, 0.3) is 40.3 Å². The Hall–Kier alpha value is -10.1. The Kier molecular flexibility index (Phi) is 39.7. The topological polar surface area (TPSA) is 405 Å². The summed E-state index contributed by atoms with van der Waals surface area (Å²) in [5.74, 6) is -4.86. The van der Waals surface area contributed by atoms with Gasteiger partial charge < -0.3 is 99.6 Å². The van der Waals surface area contributed by atoms with Crippen molar-refractivity contribution in [3.8, 4) is 17.2 Å². The van der Waals surface area contributed by atoms with Gasteiger partial charge in [0, 0.05) is 141 Å². The van der Waals surface area contributed by atoms with Crippen LogP contribution in [0, 0.1) is 13.8 Å². The molecular formula is C79H122N16O19. The highest BCUT2D eigenvalue weighted by Gasteiger charge is 2.31. The van der Waals surface area contributed by atoms with Crippen LogP contribution in [0.5, 0.6) is 17.2 Å². The molecule has 0 saturated heterocycles. The van der Waals surface area contributed by atoms with Crippen LogP contribution in [0.25, 0.3) is 0 Å². The Labute approximate surface area is 667 Å². The van der Waals surface area contributed by atoms with E-state index in [1.165, 1.54) is 33.5 Å². The molecule has 9 amide bonds. The van der Waals surface area contributed by atoms with Crippen molar-refractivity contribution in [1.82, 2.24) is 81.2 Å². The molecule has 15 rings (SSSR count). The predicted molar refractivity (Wildman–Crippen MR) is 428 cm³/mol. The highest BCUT2D eigenvalue weighted by Crippen LogP contribution is 2.30. The number of hydrogen-bond donors (Lipinski definition) is 9. The minimum Gasteiger partial charge on any atom is -0.491 e. The molecule has 0 saturated carbocycles. The van der Waals surface area contributed by atoms with Gasteiger partial charge in [-0.2, -0.15) is 0 Å². The number of nitrogens with one attached hydrogen (secondary N) is 9. The maximum Gasteiger partial charge on any atom is 0.407 e. The second-order valence-electron chi connectivity index (χ2n) is 28.8. The van der Waals surface area contributed by atoms with Crippen molar-refractivity contribution >= 4 is 53.4 Å². The van der Waals surface area contributed by atoms with Gasteiger partial charge in [0.1, 0.15) is 31.8 Å². The molecule has 0 spiro atoms. The number of hydrogen-bond acceptors (Lipinski definition) is 23. The zero-order valence-electron chi connectivity index (χ0n) is 68.4. The van der Waals surface area contributed by atoms with E-state index in [2.05, 4.69) is 54.4 Å². The number of aryl methyl sites for hydroxylation is 2. The Bertz CT molecular complexity index is 4010. The normalized spacial score (nSPS) is 17.3. The molecule has 2 unspecified atom stereocenters. The monoisotopic (exact) mass is 1600 g/mol. The summed E-state index contributed by atoms with van der Waals surface area (Å²) in [6.45, 7) is 24.7. The number of alkyl carbamates (subject to hydrolysis) is 1. The number of unbranched alkanes of at least 4 members (excludes halogenated alkanes) is 4. The summed E-state index contributed by atoms with van der Waals surface area (Å²) < 4.78 is 44.3. The lowest BCUT2D eigenvalue weighted by Crippen LogP contribution is -2.47. The second kappa shape index (κ2) is 48.8. The summed E-state index contributed by atoms with van der Waals surface area (Å²) in [4.78, 5) is 175. The van der Waals surface area contributed by atoms with Crippen LogP contribution in [-0.2, 0) is 62.6 Å². The van der Waals surface area contributed by atoms with E-state index in [0.29, 0.717) is 49.2 Å². The number of aromatic nitrogens is 3. The first-order chi connectivity index (χ1) is 54.7. The van der Waals surface area contributed by atoms with Crippen LogP contribution >= 0.6 is 0 Å². The van der Waals surface area contributed by atoms with E-state index in [4.69, 9.17) is 33.2 Å². The van der Waals surface area contributed by atoms with E-state index in [1.54, 1.807) is 52.5 Å². The highest BCUT2D eigenvalue weighted by atomic mass is 16.6. The minimum atomic E-state index is -0.709. The molecule has 0 radical (unpaired) electrons. The van der Waals surface area contributed by atoms with Crippen molar-refractivity contribution in [3.63, 3.8) is 0 Å². The van der Waals surface area contributed by atoms with Crippen LogP contribution in [0.1, 0.15) is 149 Å². The van der Waals surface area contributed by atoms with E-state index in [9.17, 15) is 57.5 Å². The molecule has 0 aromatic carbocycles. The first-order valence-corrected chi connectivity index (χ1v) is 39.8. The first-order valence-electron chi connectivity index (χ1n) is 39.8. The van der Waals surface area contributed by atoms with Crippen LogP contribution in [0.3, 0.4) is 0 Å². The number of rotatable bonds is 31. The van der Waals surface area contributed by atoms with Crippen molar-refractivity contribution in [2.45, 2.75) is 146 Å². The van der Waals surface area contributed by atoms with Gasteiger partial charge in [-0.15, -0.1) is 0 Å². The summed E-state index contributed by atoms with van der Waals surface area (Å²) in [6, 6.07) is 4.39. The lowest BCUT2D eigenvalue weighted by Gasteiger charge is -2.33. The molecule has 3 aromatic heterocycles. The van der Waals surface area contributed by atoms with Crippen LogP contribution in [0.4, 0.5) is 4.79 Å². The van der Waals surface area contributed by atoms with E-state index in [-0.39, 0.29) is 234 Å². The molecule has 0 fully saturated rings. The largest absolute Gasteiger partial charge is 0.491 e. The van der Waals surface area contributed by atoms with Crippen molar-refractivity contribution in [1.29, 1.82) is 0 Å². The molecule has 2 atom stereocenters. The number of ether oxygens (including phenoxy) is 7. The number of pyridine rings is 3. The molecule has 12 aliphatic heterocycles. The number of amides is 9. The van der Waals surface area contributed by atoms with E-state index < -0.39 is 89.4 Å². The smallest absolute Gasteiger partial charge is 0.407 e. The third kappa shape index (κ3) is 30.7. The zero-order chi connectivity index (χ0) is 83.1. The SMILES string of the molecule is C=C1C(OCCCC)=C2C=C(C)N1CC(=O)NCCN1CCNC(=O)Cn3ccc(c(OCCCC)c3=O)C(=O)NCCN(CCNC2=O)CCNC(=O)c2cc(C)n(c(=O)c2OCCCC)CC(=O)NCCN(CCNC(=O)Cn2c(C)cc(C(=O)NCCOCCOCCNC(=O)OC(C)(C)C)c(OCCCC)c2=O)CC1.